The van der Waals surface area contributed by atoms with E-state index in [2.05, 4.69) is 106 Å². The first-order valence-electron chi connectivity index (χ1n) is 11.5. The number of hydrogen-bond acceptors (Lipinski definition) is 2. The van der Waals surface area contributed by atoms with Crippen LogP contribution >= 0.6 is 0 Å². The van der Waals surface area contributed by atoms with E-state index in [0.29, 0.717) is 0 Å². The van der Waals surface area contributed by atoms with Gasteiger partial charge in [-0.25, -0.2) is 9.97 Å². The molecule has 0 N–H and O–H groups in total. The van der Waals surface area contributed by atoms with E-state index in [4.69, 9.17) is 9.97 Å². The van der Waals surface area contributed by atoms with Crippen molar-refractivity contribution >= 4 is 55.2 Å². The number of pyridine rings is 2. The van der Waals surface area contributed by atoms with Crippen LogP contribution in [0, 0.1) is 0 Å². The molecule has 0 atom stereocenters. The fourth-order valence-electron chi connectivity index (χ4n) is 5.36. The number of hydrogen-bond donors (Lipinski definition) is 0. The minimum Gasteiger partial charge on any atom is -0.292 e. The lowest BCUT2D eigenvalue weighted by Crippen LogP contribution is -1.96. The largest absolute Gasteiger partial charge is 0.292 e. The summed E-state index contributed by atoms with van der Waals surface area (Å²) < 4.78 is 4.57. The highest BCUT2D eigenvalue weighted by molar-refractivity contribution is 6.04. The smallest absolute Gasteiger partial charge is 0.146 e. The van der Waals surface area contributed by atoms with Crippen molar-refractivity contribution in [3.8, 4) is 11.1 Å². The molecule has 158 valence electrons. The minimum atomic E-state index is 0.948. The number of benzene rings is 4. The van der Waals surface area contributed by atoms with Gasteiger partial charge in [0.2, 0.25) is 0 Å². The number of para-hydroxylation sites is 6. The van der Waals surface area contributed by atoms with Gasteiger partial charge in [-0.15, -0.1) is 0 Å². The fraction of sp³-hybridized carbons (Fsp3) is 0. The Morgan fingerprint density at radius 1 is 0.412 bits per heavy atom. The quantitative estimate of drug-likeness (QED) is 0.272. The van der Waals surface area contributed by atoms with E-state index < -0.39 is 0 Å². The molecule has 0 radical (unpaired) electrons. The van der Waals surface area contributed by atoms with Crippen LogP contribution in [-0.4, -0.2) is 18.8 Å². The van der Waals surface area contributed by atoms with Crippen molar-refractivity contribution in [2.24, 2.45) is 0 Å². The molecule has 34 heavy (non-hydrogen) atoms. The van der Waals surface area contributed by atoms with Crippen LogP contribution < -0.4 is 0 Å². The average Bonchev–Trinajstić information content (AvgIpc) is 3.47. The lowest BCUT2D eigenvalue weighted by atomic mass is 10.0. The van der Waals surface area contributed by atoms with Crippen LogP contribution in [0.3, 0.4) is 0 Å². The monoisotopic (exact) mass is 434 g/mol. The van der Waals surface area contributed by atoms with Gasteiger partial charge >= 0.3 is 0 Å². The molecule has 4 aromatic carbocycles. The Morgan fingerprint density at radius 2 is 0.794 bits per heavy atom. The van der Waals surface area contributed by atoms with Crippen LogP contribution in [0.25, 0.3) is 66.3 Å². The Morgan fingerprint density at radius 3 is 1.26 bits per heavy atom. The van der Waals surface area contributed by atoms with Gasteiger partial charge in [-0.1, -0.05) is 60.7 Å². The molecule has 0 amide bonds. The Kier molecular flexibility index (Phi) is 3.36. The van der Waals surface area contributed by atoms with E-state index in [9.17, 15) is 0 Å². The molecule has 4 aromatic heterocycles. The van der Waals surface area contributed by atoms with E-state index in [1.54, 1.807) is 0 Å². The first-order valence-corrected chi connectivity index (χ1v) is 11.5. The van der Waals surface area contributed by atoms with Crippen LogP contribution in [0.15, 0.2) is 109 Å². The predicted octanol–water partition coefficient (Wildman–Crippen LogP) is 7.26. The van der Waals surface area contributed by atoms with Gasteiger partial charge < -0.3 is 0 Å². The van der Waals surface area contributed by atoms with Crippen molar-refractivity contribution in [3.63, 3.8) is 0 Å². The molecule has 0 saturated carbocycles. The second kappa shape index (κ2) is 6.42. The summed E-state index contributed by atoms with van der Waals surface area (Å²) in [5.41, 5.74) is 10.6. The number of nitrogens with zero attached hydrogens (tertiary/aromatic N) is 4. The lowest BCUT2D eigenvalue weighted by Gasteiger charge is -2.12. The maximum Gasteiger partial charge on any atom is 0.146 e. The van der Waals surface area contributed by atoms with Gasteiger partial charge in [0.15, 0.2) is 0 Å². The molecule has 0 bridgehead atoms. The van der Waals surface area contributed by atoms with E-state index >= 15 is 0 Å². The maximum absolute atomic E-state index is 5.11. The average molecular weight is 435 g/mol. The summed E-state index contributed by atoms with van der Waals surface area (Å²) >= 11 is 0. The molecule has 0 aliphatic carbocycles. The van der Waals surface area contributed by atoms with Crippen LogP contribution in [0.1, 0.15) is 0 Å². The summed E-state index contributed by atoms with van der Waals surface area (Å²) in [7, 11) is 0. The van der Waals surface area contributed by atoms with Gasteiger partial charge in [0.05, 0.1) is 33.1 Å². The van der Waals surface area contributed by atoms with Gasteiger partial charge in [0, 0.05) is 11.1 Å². The van der Waals surface area contributed by atoms with Gasteiger partial charge in [-0.05, 0) is 59.3 Å². The van der Waals surface area contributed by atoms with Crippen LogP contribution in [-0.2, 0) is 0 Å². The summed E-state index contributed by atoms with van der Waals surface area (Å²) in [6.07, 6.45) is 0. The summed E-state index contributed by atoms with van der Waals surface area (Å²) in [6.45, 7) is 0. The van der Waals surface area contributed by atoms with Gasteiger partial charge in [-0.2, -0.15) is 0 Å². The molecule has 0 saturated heterocycles. The van der Waals surface area contributed by atoms with Gasteiger partial charge in [0.25, 0.3) is 0 Å². The second-order valence-corrected chi connectivity index (χ2v) is 8.75. The van der Waals surface area contributed by atoms with Crippen molar-refractivity contribution in [2.45, 2.75) is 0 Å². The Hall–Kier alpha value is -4.70. The molecule has 4 heteroatoms. The molecule has 0 aliphatic heterocycles. The zero-order valence-electron chi connectivity index (χ0n) is 18.2. The fourth-order valence-corrected chi connectivity index (χ4v) is 5.36. The van der Waals surface area contributed by atoms with Gasteiger partial charge in [-0.3, -0.25) is 8.80 Å². The predicted molar refractivity (Wildman–Crippen MR) is 139 cm³/mol. The normalized spacial score (nSPS) is 12.1. The highest BCUT2D eigenvalue weighted by atomic mass is 15.0. The number of imidazole rings is 2. The van der Waals surface area contributed by atoms with Crippen LogP contribution in [0.4, 0.5) is 0 Å². The number of fused-ring (bicyclic) bond motifs is 10. The highest BCUT2D eigenvalue weighted by Crippen LogP contribution is 2.37. The summed E-state index contributed by atoms with van der Waals surface area (Å²) in [6, 6.07) is 38.3. The third-order valence-electron chi connectivity index (χ3n) is 6.85. The zero-order chi connectivity index (χ0) is 22.2. The van der Waals surface area contributed by atoms with Crippen LogP contribution in [0.5, 0.6) is 0 Å². The van der Waals surface area contributed by atoms with Crippen molar-refractivity contribution in [1.29, 1.82) is 0 Å². The first kappa shape index (κ1) is 17.8. The second-order valence-electron chi connectivity index (χ2n) is 8.75. The third-order valence-corrected chi connectivity index (χ3v) is 6.85. The van der Waals surface area contributed by atoms with Gasteiger partial charge in [0.1, 0.15) is 11.3 Å². The van der Waals surface area contributed by atoms with E-state index in [0.717, 1.165) is 55.5 Å². The SMILES string of the molecule is c1ccc2c(c1)cc(-c1cc3ccccc3n3c1nc1ccccc13)c1nc3ccccc3n12. The molecule has 4 nitrogen and oxygen atoms in total. The van der Waals surface area contributed by atoms with Crippen molar-refractivity contribution < 1.29 is 0 Å². The van der Waals surface area contributed by atoms with Crippen molar-refractivity contribution in [3.05, 3.63) is 109 Å². The Labute approximate surface area is 194 Å². The summed E-state index contributed by atoms with van der Waals surface area (Å²) in [4.78, 5) is 10.2. The molecule has 8 rings (SSSR count). The van der Waals surface area contributed by atoms with E-state index in [1.165, 1.54) is 10.8 Å². The lowest BCUT2D eigenvalue weighted by molar-refractivity contribution is 1.28. The zero-order valence-corrected chi connectivity index (χ0v) is 18.2. The molecule has 8 aromatic rings. The Balaban J connectivity index is 1.64. The highest BCUT2D eigenvalue weighted by Gasteiger charge is 2.19. The molecule has 0 fully saturated rings. The molecular weight excluding hydrogens is 416 g/mol. The number of rotatable bonds is 1. The van der Waals surface area contributed by atoms with Crippen LogP contribution in [0.2, 0.25) is 0 Å². The molecule has 4 heterocycles. The Bertz CT molecular complexity index is 1930. The third kappa shape index (κ3) is 2.27. The van der Waals surface area contributed by atoms with E-state index in [1.807, 2.05) is 12.1 Å². The van der Waals surface area contributed by atoms with Crippen molar-refractivity contribution in [2.75, 3.05) is 0 Å². The molecule has 0 aliphatic rings. The maximum atomic E-state index is 5.11. The van der Waals surface area contributed by atoms with E-state index in [-0.39, 0.29) is 0 Å². The number of aromatic nitrogens is 4. The molecule has 0 unspecified atom stereocenters. The molecule has 0 spiro atoms. The molecular formula is C30H18N4. The van der Waals surface area contributed by atoms with Crippen molar-refractivity contribution in [1.82, 2.24) is 18.8 Å². The minimum absolute atomic E-state index is 0.948. The topological polar surface area (TPSA) is 34.6 Å². The first-order chi connectivity index (χ1) is 16.9. The standard InChI is InChI=1S/C30H18N4/c1-5-13-25-19(9-1)17-21(29-31-23-11-3-7-15-27(23)33(25)29)22-18-20-10-2-6-14-26(20)34-28-16-8-4-12-24(28)32-30(22)34/h1-18H. The summed E-state index contributed by atoms with van der Waals surface area (Å²) in [5.74, 6) is 0. The summed E-state index contributed by atoms with van der Waals surface area (Å²) in [5, 5.41) is 2.35.